The molecule has 0 aliphatic rings. The standard InChI is InChI=1S/C16H21NS2/c1-3-17-14(11-16-8-5-9-18-16)12-19-15-7-4-6-13(2)10-15/h4-10,14,17H,3,11-12H2,1-2H3. The van der Waals surface area contributed by atoms with Crippen LogP contribution in [0.4, 0.5) is 0 Å². The zero-order chi connectivity index (χ0) is 13.5. The van der Waals surface area contributed by atoms with Gasteiger partial charge in [-0.25, -0.2) is 0 Å². The van der Waals surface area contributed by atoms with Gasteiger partial charge in [-0.15, -0.1) is 23.1 Å². The van der Waals surface area contributed by atoms with Crippen LogP contribution in [0.15, 0.2) is 46.7 Å². The molecule has 1 heterocycles. The number of rotatable bonds is 7. The molecule has 0 saturated heterocycles. The van der Waals surface area contributed by atoms with Gasteiger partial charge < -0.3 is 5.32 Å². The predicted octanol–water partition coefficient (Wildman–Crippen LogP) is 4.37. The lowest BCUT2D eigenvalue weighted by molar-refractivity contribution is 0.576. The van der Waals surface area contributed by atoms with Crippen molar-refractivity contribution in [3.63, 3.8) is 0 Å². The SMILES string of the molecule is CCNC(CSc1cccc(C)c1)Cc1cccs1. The minimum Gasteiger partial charge on any atom is -0.313 e. The van der Waals surface area contributed by atoms with Crippen molar-refractivity contribution in [1.29, 1.82) is 0 Å². The number of likely N-dealkylation sites (N-methyl/N-ethyl adjacent to an activating group) is 1. The molecule has 1 aromatic carbocycles. The zero-order valence-corrected chi connectivity index (χ0v) is 13.2. The van der Waals surface area contributed by atoms with Crippen molar-refractivity contribution in [3.05, 3.63) is 52.2 Å². The molecule has 1 unspecified atom stereocenters. The number of nitrogens with one attached hydrogen (secondary N) is 1. The van der Waals surface area contributed by atoms with E-state index < -0.39 is 0 Å². The highest BCUT2D eigenvalue weighted by molar-refractivity contribution is 7.99. The second kappa shape index (κ2) is 7.73. The van der Waals surface area contributed by atoms with Crippen LogP contribution in [0, 0.1) is 6.92 Å². The first-order valence-electron chi connectivity index (χ1n) is 6.73. The number of hydrogen-bond acceptors (Lipinski definition) is 3. The van der Waals surface area contributed by atoms with E-state index in [1.165, 1.54) is 15.3 Å². The first-order valence-corrected chi connectivity index (χ1v) is 8.59. The number of thiophene rings is 1. The Hall–Kier alpha value is -0.770. The molecular weight excluding hydrogens is 270 g/mol. The van der Waals surface area contributed by atoms with Gasteiger partial charge >= 0.3 is 0 Å². The van der Waals surface area contributed by atoms with Gasteiger partial charge in [-0.1, -0.05) is 30.7 Å². The molecule has 0 bridgehead atoms. The second-order valence-corrected chi connectivity index (χ2v) is 6.79. The minimum absolute atomic E-state index is 0.550. The Balaban J connectivity index is 1.89. The molecule has 1 N–H and O–H groups in total. The summed E-state index contributed by atoms with van der Waals surface area (Å²) in [4.78, 5) is 2.84. The van der Waals surface area contributed by atoms with Crippen LogP contribution in [0.25, 0.3) is 0 Å². The number of thioether (sulfide) groups is 1. The smallest absolute Gasteiger partial charge is 0.0209 e. The quantitative estimate of drug-likeness (QED) is 0.760. The van der Waals surface area contributed by atoms with Gasteiger partial charge in [0, 0.05) is 21.6 Å². The fraction of sp³-hybridized carbons (Fsp3) is 0.375. The molecule has 1 atom stereocenters. The zero-order valence-electron chi connectivity index (χ0n) is 11.6. The Kier molecular flexibility index (Phi) is 5.95. The lowest BCUT2D eigenvalue weighted by atomic mass is 10.2. The van der Waals surface area contributed by atoms with Crippen LogP contribution >= 0.6 is 23.1 Å². The molecule has 0 spiro atoms. The van der Waals surface area contributed by atoms with Crippen molar-refractivity contribution in [2.24, 2.45) is 0 Å². The van der Waals surface area contributed by atoms with Crippen molar-refractivity contribution in [1.82, 2.24) is 5.32 Å². The third-order valence-electron chi connectivity index (χ3n) is 2.96. The minimum atomic E-state index is 0.550. The lowest BCUT2D eigenvalue weighted by Crippen LogP contribution is -2.32. The Labute approximate surface area is 124 Å². The summed E-state index contributed by atoms with van der Waals surface area (Å²) < 4.78 is 0. The lowest BCUT2D eigenvalue weighted by Gasteiger charge is -2.16. The largest absolute Gasteiger partial charge is 0.313 e. The molecule has 3 heteroatoms. The summed E-state index contributed by atoms with van der Waals surface area (Å²) in [7, 11) is 0. The number of benzene rings is 1. The van der Waals surface area contributed by atoms with Crippen LogP contribution in [0.5, 0.6) is 0 Å². The summed E-state index contributed by atoms with van der Waals surface area (Å²) in [6, 6.07) is 13.7. The maximum atomic E-state index is 3.59. The summed E-state index contributed by atoms with van der Waals surface area (Å²) in [5.74, 6) is 1.12. The molecule has 0 fully saturated rings. The van der Waals surface area contributed by atoms with Gasteiger partial charge in [-0.3, -0.25) is 0 Å². The van der Waals surface area contributed by atoms with Crippen LogP contribution in [-0.4, -0.2) is 18.3 Å². The molecule has 1 nitrogen and oxygen atoms in total. The first kappa shape index (κ1) is 14.6. The molecule has 102 valence electrons. The van der Waals surface area contributed by atoms with E-state index in [1.807, 2.05) is 23.1 Å². The van der Waals surface area contributed by atoms with E-state index in [9.17, 15) is 0 Å². The van der Waals surface area contributed by atoms with Crippen molar-refractivity contribution >= 4 is 23.1 Å². The molecule has 0 aliphatic heterocycles. The average Bonchev–Trinajstić information content (AvgIpc) is 2.89. The Morgan fingerprint density at radius 1 is 1.26 bits per heavy atom. The van der Waals surface area contributed by atoms with E-state index >= 15 is 0 Å². The van der Waals surface area contributed by atoms with Crippen LogP contribution in [-0.2, 0) is 6.42 Å². The topological polar surface area (TPSA) is 12.0 Å². The summed E-state index contributed by atoms with van der Waals surface area (Å²) in [6.07, 6.45) is 1.13. The van der Waals surface area contributed by atoms with E-state index in [0.29, 0.717) is 6.04 Å². The van der Waals surface area contributed by atoms with Gasteiger partial charge in [-0.05, 0) is 43.5 Å². The molecule has 2 aromatic rings. The van der Waals surface area contributed by atoms with Gasteiger partial charge in [-0.2, -0.15) is 0 Å². The Morgan fingerprint density at radius 2 is 2.16 bits per heavy atom. The Morgan fingerprint density at radius 3 is 2.84 bits per heavy atom. The highest BCUT2D eigenvalue weighted by atomic mass is 32.2. The second-order valence-electron chi connectivity index (χ2n) is 4.67. The molecule has 0 amide bonds. The molecular formula is C16H21NS2. The number of aryl methyl sites for hydroxylation is 1. The maximum absolute atomic E-state index is 3.59. The Bertz CT molecular complexity index is 479. The van der Waals surface area contributed by atoms with E-state index in [2.05, 4.69) is 60.9 Å². The van der Waals surface area contributed by atoms with E-state index in [-0.39, 0.29) is 0 Å². The van der Waals surface area contributed by atoms with E-state index in [1.54, 1.807) is 0 Å². The molecule has 2 rings (SSSR count). The monoisotopic (exact) mass is 291 g/mol. The van der Waals surface area contributed by atoms with Gasteiger partial charge in [0.15, 0.2) is 0 Å². The third kappa shape index (κ3) is 5.01. The maximum Gasteiger partial charge on any atom is 0.0209 e. The molecule has 0 saturated carbocycles. The van der Waals surface area contributed by atoms with Crippen molar-refractivity contribution in [3.8, 4) is 0 Å². The average molecular weight is 291 g/mol. The van der Waals surface area contributed by atoms with Crippen molar-refractivity contribution in [2.45, 2.75) is 31.2 Å². The molecule has 1 aromatic heterocycles. The van der Waals surface area contributed by atoms with E-state index in [4.69, 9.17) is 0 Å². The summed E-state index contributed by atoms with van der Waals surface area (Å²) >= 11 is 3.80. The summed E-state index contributed by atoms with van der Waals surface area (Å²) in [5.41, 5.74) is 1.34. The van der Waals surface area contributed by atoms with Crippen LogP contribution in [0.2, 0.25) is 0 Å². The highest BCUT2D eigenvalue weighted by Crippen LogP contribution is 2.21. The third-order valence-corrected chi connectivity index (χ3v) is 5.02. The molecule has 0 radical (unpaired) electrons. The molecule has 0 aliphatic carbocycles. The van der Waals surface area contributed by atoms with Gasteiger partial charge in [0.25, 0.3) is 0 Å². The predicted molar refractivity (Wildman–Crippen MR) is 87.4 cm³/mol. The van der Waals surface area contributed by atoms with E-state index in [0.717, 1.165) is 18.7 Å². The normalized spacial score (nSPS) is 12.5. The van der Waals surface area contributed by atoms with Crippen LogP contribution < -0.4 is 5.32 Å². The number of hydrogen-bond donors (Lipinski definition) is 1. The molecule has 19 heavy (non-hydrogen) atoms. The fourth-order valence-corrected chi connectivity index (χ4v) is 3.91. The summed E-state index contributed by atoms with van der Waals surface area (Å²) in [6.45, 7) is 5.36. The fourth-order valence-electron chi connectivity index (χ4n) is 2.05. The van der Waals surface area contributed by atoms with Crippen LogP contribution in [0.3, 0.4) is 0 Å². The van der Waals surface area contributed by atoms with Gasteiger partial charge in [0.2, 0.25) is 0 Å². The first-order chi connectivity index (χ1) is 9.28. The van der Waals surface area contributed by atoms with Crippen molar-refractivity contribution in [2.75, 3.05) is 12.3 Å². The van der Waals surface area contributed by atoms with Crippen molar-refractivity contribution < 1.29 is 0 Å². The van der Waals surface area contributed by atoms with Gasteiger partial charge in [0.1, 0.15) is 0 Å². The van der Waals surface area contributed by atoms with Gasteiger partial charge in [0.05, 0.1) is 0 Å². The summed E-state index contributed by atoms with van der Waals surface area (Å²) in [5, 5.41) is 5.75. The van der Waals surface area contributed by atoms with Crippen LogP contribution in [0.1, 0.15) is 17.4 Å². The highest BCUT2D eigenvalue weighted by Gasteiger charge is 2.09.